The van der Waals surface area contributed by atoms with Crippen molar-refractivity contribution in [3.63, 3.8) is 0 Å². The van der Waals surface area contributed by atoms with Gasteiger partial charge in [-0.3, -0.25) is 4.90 Å². The monoisotopic (exact) mass is 282 g/mol. The first-order valence-electron chi connectivity index (χ1n) is 7.49. The average molecular weight is 282 g/mol. The predicted molar refractivity (Wildman–Crippen MR) is 77.6 cm³/mol. The first kappa shape index (κ1) is 15.4. The molecule has 1 aromatic carbocycles. The van der Waals surface area contributed by atoms with E-state index in [9.17, 15) is 8.78 Å². The second-order valence-corrected chi connectivity index (χ2v) is 5.70. The minimum Gasteiger partial charge on any atom is -0.316 e. The molecule has 0 amide bonds. The van der Waals surface area contributed by atoms with Crippen LogP contribution in [0.1, 0.15) is 37.8 Å². The number of piperidine rings is 1. The Bertz CT molecular complexity index is 436. The second-order valence-electron chi connectivity index (χ2n) is 5.70. The van der Waals surface area contributed by atoms with Crippen molar-refractivity contribution >= 4 is 0 Å². The van der Waals surface area contributed by atoms with E-state index in [1.807, 2.05) is 7.05 Å². The Morgan fingerprint density at radius 2 is 2.15 bits per heavy atom. The average Bonchev–Trinajstić information content (AvgIpc) is 2.42. The fourth-order valence-electron chi connectivity index (χ4n) is 3.17. The Hall–Kier alpha value is -1.00. The van der Waals surface area contributed by atoms with Crippen LogP contribution < -0.4 is 5.32 Å². The molecule has 0 radical (unpaired) electrons. The van der Waals surface area contributed by atoms with Crippen molar-refractivity contribution in [1.82, 2.24) is 10.2 Å². The highest BCUT2D eigenvalue weighted by atomic mass is 19.1. The molecular weight excluding hydrogens is 258 g/mol. The van der Waals surface area contributed by atoms with Crippen LogP contribution in [-0.2, 0) is 0 Å². The number of likely N-dealkylation sites (tertiary alicyclic amines) is 1. The number of nitrogens with zero attached hydrogens (tertiary/aromatic N) is 1. The summed E-state index contributed by atoms with van der Waals surface area (Å²) >= 11 is 0. The molecule has 112 valence electrons. The third-order valence-electron chi connectivity index (χ3n) is 4.12. The lowest BCUT2D eigenvalue weighted by atomic mass is 9.84. The molecule has 2 rings (SSSR count). The highest BCUT2D eigenvalue weighted by molar-refractivity contribution is 5.23. The molecule has 0 spiro atoms. The van der Waals surface area contributed by atoms with Gasteiger partial charge in [-0.25, -0.2) is 8.78 Å². The molecule has 1 fully saturated rings. The number of rotatable bonds is 5. The van der Waals surface area contributed by atoms with E-state index < -0.39 is 0 Å². The van der Waals surface area contributed by atoms with Gasteiger partial charge in [0, 0.05) is 11.6 Å². The molecule has 20 heavy (non-hydrogen) atoms. The maximum atomic E-state index is 14.1. The smallest absolute Gasteiger partial charge is 0.128 e. The Balaban J connectivity index is 2.20. The van der Waals surface area contributed by atoms with Gasteiger partial charge in [-0.1, -0.05) is 6.92 Å². The Kier molecular flexibility index (Phi) is 5.49. The SMILES string of the molecule is CCCNCC1CCCN(C)C1c1cc(F)ccc1F. The Labute approximate surface area is 120 Å². The molecule has 2 unspecified atom stereocenters. The second kappa shape index (κ2) is 7.14. The summed E-state index contributed by atoms with van der Waals surface area (Å²) in [5.41, 5.74) is 0.496. The highest BCUT2D eigenvalue weighted by Gasteiger charge is 2.32. The molecule has 0 aromatic heterocycles. The highest BCUT2D eigenvalue weighted by Crippen LogP contribution is 2.36. The molecule has 1 saturated heterocycles. The Morgan fingerprint density at radius 1 is 1.35 bits per heavy atom. The van der Waals surface area contributed by atoms with Gasteiger partial charge in [-0.2, -0.15) is 0 Å². The summed E-state index contributed by atoms with van der Waals surface area (Å²) in [6.45, 7) is 4.89. The molecular formula is C16H24F2N2. The molecule has 1 aliphatic heterocycles. The predicted octanol–water partition coefficient (Wildman–Crippen LogP) is 3.35. The fraction of sp³-hybridized carbons (Fsp3) is 0.625. The van der Waals surface area contributed by atoms with Gasteiger partial charge in [-0.15, -0.1) is 0 Å². The van der Waals surface area contributed by atoms with Gasteiger partial charge in [0.2, 0.25) is 0 Å². The summed E-state index contributed by atoms with van der Waals surface area (Å²) in [5, 5.41) is 3.42. The zero-order valence-corrected chi connectivity index (χ0v) is 12.3. The van der Waals surface area contributed by atoms with Crippen LogP contribution in [0.3, 0.4) is 0 Å². The van der Waals surface area contributed by atoms with Crippen LogP contribution in [0.25, 0.3) is 0 Å². The minimum absolute atomic E-state index is 0.0381. The summed E-state index contributed by atoms with van der Waals surface area (Å²) < 4.78 is 27.5. The normalized spacial score (nSPS) is 24.0. The molecule has 1 heterocycles. The maximum absolute atomic E-state index is 14.1. The standard InChI is InChI=1S/C16H24F2N2/c1-3-8-19-11-12-5-4-9-20(2)16(12)14-10-13(17)6-7-15(14)18/h6-7,10,12,16,19H,3-5,8-9,11H2,1-2H3. The molecule has 4 heteroatoms. The van der Waals surface area contributed by atoms with Gasteiger partial charge in [0.1, 0.15) is 11.6 Å². The van der Waals surface area contributed by atoms with Crippen molar-refractivity contribution in [2.45, 2.75) is 32.2 Å². The molecule has 0 bridgehead atoms. The van der Waals surface area contributed by atoms with E-state index in [0.29, 0.717) is 11.5 Å². The summed E-state index contributed by atoms with van der Waals surface area (Å²) in [6, 6.07) is 3.74. The van der Waals surface area contributed by atoms with E-state index in [2.05, 4.69) is 17.1 Å². The summed E-state index contributed by atoms with van der Waals surface area (Å²) in [4.78, 5) is 2.15. The maximum Gasteiger partial charge on any atom is 0.128 e. The van der Waals surface area contributed by atoms with Crippen LogP contribution >= 0.6 is 0 Å². The van der Waals surface area contributed by atoms with Crippen LogP contribution in [0.2, 0.25) is 0 Å². The zero-order valence-electron chi connectivity index (χ0n) is 12.3. The third-order valence-corrected chi connectivity index (χ3v) is 4.12. The first-order chi connectivity index (χ1) is 9.63. The summed E-state index contributed by atoms with van der Waals surface area (Å²) in [7, 11) is 2.00. The zero-order chi connectivity index (χ0) is 14.5. The lowest BCUT2D eigenvalue weighted by molar-refractivity contribution is 0.116. The lowest BCUT2D eigenvalue weighted by Gasteiger charge is -2.40. The molecule has 1 aliphatic rings. The van der Waals surface area contributed by atoms with Gasteiger partial charge < -0.3 is 5.32 Å². The van der Waals surface area contributed by atoms with Crippen LogP contribution in [0.4, 0.5) is 8.78 Å². The van der Waals surface area contributed by atoms with E-state index in [0.717, 1.165) is 38.9 Å². The van der Waals surface area contributed by atoms with Crippen LogP contribution in [0, 0.1) is 17.6 Å². The van der Waals surface area contributed by atoms with E-state index in [1.165, 1.54) is 18.2 Å². The van der Waals surface area contributed by atoms with Gasteiger partial charge in [-0.05, 0) is 70.1 Å². The number of nitrogens with one attached hydrogen (secondary N) is 1. The molecule has 1 N–H and O–H groups in total. The van der Waals surface area contributed by atoms with E-state index in [-0.39, 0.29) is 17.7 Å². The van der Waals surface area contributed by atoms with Crippen LogP contribution in [0.5, 0.6) is 0 Å². The Morgan fingerprint density at radius 3 is 2.90 bits per heavy atom. The van der Waals surface area contributed by atoms with Crippen LogP contribution in [-0.4, -0.2) is 31.6 Å². The van der Waals surface area contributed by atoms with Crippen molar-refractivity contribution in [3.8, 4) is 0 Å². The van der Waals surface area contributed by atoms with E-state index >= 15 is 0 Å². The first-order valence-corrected chi connectivity index (χ1v) is 7.49. The molecule has 2 nitrogen and oxygen atoms in total. The molecule has 0 saturated carbocycles. The summed E-state index contributed by atoms with van der Waals surface area (Å²) in [5.74, 6) is -0.331. The third kappa shape index (κ3) is 3.55. The minimum atomic E-state index is -0.361. The number of halogens is 2. The van der Waals surface area contributed by atoms with Gasteiger partial charge in [0.05, 0.1) is 0 Å². The number of benzene rings is 1. The molecule has 0 aliphatic carbocycles. The molecule has 1 aromatic rings. The number of hydrogen-bond donors (Lipinski definition) is 1. The van der Waals surface area contributed by atoms with E-state index in [4.69, 9.17) is 0 Å². The quantitative estimate of drug-likeness (QED) is 0.833. The largest absolute Gasteiger partial charge is 0.316 e. The fourth-order valence-corrected chi connectivity index (χ4v) is 3.17. The van der Waals surface area contributed by atoms with Crippen molar-refractivity contribution in [2.75, 3.05) is 26.7 Å². The van der Waals surface area contributed by atoms with Crippen molar-refractivity contribution in [3.05, 3.63) is 35.4 Å². The van der Waals surface area contributed by atoms with Gasteiger partial charge in [0.25, 0.3) is 0 Å². The number of hydrogen-bond acceptors (Lipinski definition) is 2. The van der Waals surface area contributed by atoms with Gasteiger partial charge >= 0.3 is 0 Å². The lowest BCUT2D eigenvalue weighted by Crippen LogP contribution is -2.41. The van der Waals surface area contributed by atoms with Gasteiger partial charge in [0.15, 0.2) is 0 Å². The molecule has 2 atom stereocenters. The van der Waals surface area contributed by atoms with E-state index in [1.54, 1.807) is 0 Å². The van der Waals surface area contributed by atoms with Crippen molar-refractivity contribution < 1.29 is 8.78 Å². The van der Waals surface area contributed by atoms with Crippen molar-refractivity contribution in [1.29, 1.82) is 0 Å². The summed E-state index contributed by atoms with van der Waals surface area (Å²) in [6.07, 6.45) is 3.26. The van der Waals surface area contributed by atoms with Crippen molar-refractivity contribution in [2.24, 2.45) is 5.92 Å². The van der Waals surface area contributed by atoms with Crippen LogP contribution in [0.15, 0.2) is 18.2 Å². The topological polar surface area (TPSA) is 15.3 Å².